The summed E-state index contributed by atoms with van der Waals surface area (Å²) < 4.78 is 1.35. The second kappa shape index (κ2) is 6.07. The summed E-state index contributed by atoms with van der Waals surface area (Å²) in [4.78, 5) is 20.5. The van der Waals surface area contributed by atoms with Gasteiger partial charge in [0, 0.05) is 42.2 Å². The third-order valence-electron chi connectivity index (χ3n) is 4.81. The molecule has 0 aromatic carbocycles. The van der Waals surface area contributed by atoms with Gasteiger partial charge in [-0.3, -0.25) is 14.8 Å². The topological polar surface area (TPSA) is 86.7 Å². The van der Waals surface area contributed by atoms with E-state index in [1.807, 2.05) is 30.3 Å². The second-order valence-corrected chi connectivity index (χ2v) is 6.15. The van der Waals surface area contributed by atoms with E-state index in [-0.39, 0.29) is 5.91 Å². The summed E-state index contributed by atoms with van der Waals surface area (Å²) >= 11 is 0. The minimum atomic E-state index is -0.468. The Kier molecular flexibility index (Phi) is 3.73. The maximum Gasteiger partial charge on any atom is 0.270 e. The molecule has 0 fully saturated rings. The van der Waals surface area contributed by atoms with Crippen molar-refractivity contribution in [2.24, 2.45) is 0 Å². The summed E-state index contributed by atoms with van der Waals surface area (Å²) in [5.41, 5.74) is 9.24. The molecule has 3 heterocycles. The fourth-order valence-electron chi connectivity index (χ4n) is 3.51. The van der Waals surface area contributed by atoms with Gasteiger partial charge < -0.3 is 5.73 Å². The van der Waals surface area contributed by atoms with E-state index in [0.29, 0.717) is 12.2 Å². The summed E-state index contributed by atoms with van der Waals surface area (Å²) in [5, 5.41) is 4.21. The molecule has 0 bridgehead atoms. The lowest BCUT2D eigenvalue weighted by atomic mass is 9.69. The monoisotopic (exact) mass is 343 g/mol. The number of fused-ring (bicyclic) bond motifs is 1. The summed E-state index contributed by atoms with van der Waals surface area (Å²) in [6, 6.07) is 7.93. The molecule has 128 valence electrons. The van der Waals surface area contributed by atoms with E-state index in [4.69, 9.17) is 5.73 Å². The first kappa shape index (κ1) is 16.0. The Bertz CT molecular complexity index is 966. The number of hydrogen-bond acceptors (Lipinski definition) is 5. The average molecular weight is 343 g/mol. The predicted molar refractivity (Wildman–Crippen MR) is 99.5 cm³/mol. The van der Waals surface area contributed by atoms with Crippen molar-refractivity contribution in [3.05, 3.63) is 90.2 Å². The summed E-state index contributed by atoms with van der Waals surface area (Å²) in [7, 11) is 0. The maximum absolute atomic E-state index is 12.3. The third-order valence-corrected chi connectivity index (χ3v) is 4.81. The van der Waals surface area contributed by atoms with Crippen molar-refractivity contribution in [2.45, 2.75) is 11.8 Å². The van der Waals surface area contributed by atoms with Crippen molar-refractivity contribution < 1.29 is 4.79 Å². The summed E-state index contributed by atoms with van der Waals surface area (Å²) in [5.74, 6) is 0.0381. The Hall–Kier alpha value is -3.54. The molecule has 6 nitrogen and oxygen atoms in total. The van der Waals surface area contributed by atoms with Gasteiger partial charge in [-0.05, 0) is 41.5 Å². The van der Waals surface area contributed by atoms with E-state index in [9.17, 15) is 4.79 Å². The molecule has 0 aliphatic heterocycles. The number of hydrogen-bond donors (Lipinski definition) is 1. The Morgan fingerprint density at radius 2 is 1.69 bits per heavy atom. The molecule has 0 saturated carbocycles. The first-order valence-electron chi connectivity index (χ1n) is 8.20. The van der Waals surface area contributed by atoms with E-state index in [0.717, 1.165) is 22.4 Å². The van der Waals surface area contributed by atoms with E-state index in [1.54, 1.807) is 24.8 Å². The smallest absolute Gasteiger partial charge is 0.270 e. The number of nitrogens with two attached hydrogens (primary N) is 1. The molecule has 0 saturated heterocycles. The molecule has 3 aromatic heterocycles. The highest BCUT2D eigenvalue weighted by Crippen LogP contribution is 2.42. The van der Waals surface area contributed by atoms with Gasteiger partial charge >= 0.3 is 0 Å². The first-order chi connectivity index (χ1) is 12.7. The fraction of sp³-hybridized carbons (Fsp3) is 0.100. The number of aromatic nitrogens is 4. The highest BCUT2D eigenvalue weighted by molar-refractivity contribution is 5.90. The van der Waals surface area contributed by atoms with Crippen LogP contribution < -0.4 is 5.73 Å². The molecule has 0 amide bonds. The van der Waals surface area contributed by atoms with Crippen molar-refractivity contribution in [3.8, 4) is 0 Å². The van der Waals surface area contributed by atoms with Crippen LogP contribution in [0.3, 0.4) is 0 Å². The summed E-state index contributed by atoms with van der Waals surface area (Å²) in [6.07, 6.45) is 12.9. The van der Waals surface area contributed by atoms with Crippen LogP contribution in [0.1, 0.15) is 27.2 Å². The van der Waals surface area contributed by atoms with Crippen LogP contribution in [0.4, 0.5) is 5.82 Å². The molecular weight excluding hydrogens is 326 g/mol. The van der Waals surface area contributed by atoms with Gasteiger partial charge in [0.15, 0.2) is 5.82 Å². The largest absolute Gasteiger partial charge is 0.382 e. The van der Waals surface area contributed by atoms with Crippen LogP contribution in [0.15, 0.2) is 67.8 Å². The van der Waals surface area contributed by atoms with E-state index in [2.05, 4.69) is 27.7 Å². The van der Waals surface area contributed by atoms with Gasteiger partial charge in [0.25, 0.3) is 5.91 Å². The average Bonchev–Trinajstić information content (AvgIpc) is 3.04. The summed E-state index contributed by atoms with van der Waals surface area (Å²) in [6.45, 7) is 3.56. The quantitative estimate of drug-likeness (QED) is 0.739. The molecule has 1 aliphatic rings. The van der Waals surface area contributed by atoms with Crippen LogP contribution in [0.2, 0.25) is 0 Å². The predicted octanol–water partition coefficient (Wildman–Crippen LogP) is 2.64. The molecule has 1 aliphatic carbocycles. The zero-order valence-corrected chi connectivity index (χ0v) is 14.0. The molecule has 0 spiro atoms. The van der Waals surface area contributed by atoms with Crippen LogP contribution >= 0.6 is 0 Å². The zero-order valence-electron chi connectivity index (χ0n) is 14.0. The van der Waals surface area contributed by atoms with Gasteiger partial charge in [0.2, 0.25) is 0 Å². The first-order valence-corrected chi connectivity index (χ1v) is 8.20. The molecule has 0 atom stereocenters. The molecule has 0 radical (unpaired) electrons. The van der Waals surface area contributed by atoms with Gasteiger partial charge in [-0.2, -0.15) is 4.68 Å². The minimum Gasteiger partial charge on any atom is -0.382 e. The number of rotatable bonds is 3. The van der Waals surface area contributed by atoms with Crippen molar-refractivity contribution in [1.82, 2.24) is 19.7 Å². The van der Waals surface area contributed by atoms with Crippen LogP contribution in [0.5, 0.6) is 0 Å². The molecule has 4 rings (SSSR count). The van der Waals surface area contributed by atoms with E-state index >= 15 is 0 Å². The highest BCUT2D eigenvalue weighted by atomic mass is 16.2. The number of carbonyl (C=O) groups is 1. The van der Waals surface area contributed by atoms with E-state index in [1.165, 1.54) is 10.8 Å². The Labute approximate surface area is 150 Å². The normalized spacial score (nSPS) is 14.6. The van der Waals surface area contributed by atoms with Crippen molar-refractivity contribution in [3.63, 3.8) is 0 Å². The van der Waals surface area contributed by atoms with Crippen LogP contribution in [-0.4, -0.2) is 25.7 Å². The minimum absolute atomic E-state index is 0.299. The third kappa shape index (κ3) is 2.35. The van der Waals surface area contributed by atoms with Crippen molar-refractivity contribution >= 4 is 17.8 Å². The number of allylic oxidation sites excluding steroid dienone is 2. The SMILES string of the molecule is C=CC(=O)n1nc(N)c2c1CC(c1ccncc1)(c1ccncc1)C=C2. The second-order valence-electron chi connectivity index (χ2n) is 6.15. The van der Waals surface area contributed by atoms with Crippen LogP contribution in [-0.2, 0) is 11.8 Å². The van der Waals surface area contributed by atoms with Gasteiger partial charge in [-0.1, -0.05) is 18.7 Å². The maximum atomic E-state index is 12.3. The Balaban J connectivity index is 1.95. The standard InChI is InChI=1S/C20H17N5O/c1-2-18(26)25-17-13-20(14-4-9-22-10-5-14,15-6-11-23-12-7-15)8-3-16(17)19(21)24-25/h2-12H,1,13H2,(H2,21,24). The lowest BCUT2D eigenvalue weighted by molar-refractivity contribution is 0.0950. The fourth-order valence-corrected chi connectivity index (χ4v) is 3.51. The van der Waals surface area contributed by atoms with Gasteiger partial charge in [0.05, 0.1) is 5.69 Å². The number of nitrogen functional groups attached to an aromatic ring is 1. The Morgan fingerprint density at radius 3 is 2.23 bits per heavy atom. The molecule has 6 heteroatoms. The lowest BCUT2D eigenvalue weighted by Crippen LogP contribution is -2.32. The molecule has 2 N–H and O–H groups in total. The van der Waals surface area contributed by atoms with Crippen molar-refractivity contribution in [2.75, 3.05) is 5.73 Å². The Morgan fingerprint density at radius 1 is 1.12 bits per heavy atom. The van der Waals surface area contributed by atoms with E-state index < -0.39 is 5.41 Å². The molecule has 26 heavy (non-hydrogen) atoms. The number of anilines is 1. The number of pyridine rings is 2. The zero-order chi connectivity index (χ0) is 18.1. The van der Waals surface area contributed by atoms with Crippen LogP contribution in [0, 0.1) is 0 Å². The molecular formula is C20H17N5O. The highest BCUT2D eigenvalue weighted by Gasteiger charge is 2.38. The molecule has 0 unspecified atom stereocenters. The van der Waals surface area contributed by atoms with Crippen LogP contribution in [0.25, 0.3) is 6.08 Å². The van der Waals surface area contributed by atoms with Gasteiger partial charge in [-0.25, -0.2) is 0 Å². The lowest BCUT2D eigenvalue weighted by Gasteiger charge is -2.34. The van der Waals surface area contributed by atoms with Crippen molar-refractivity contribution in [1.29, 1.82) is 0 Å². The van der Waals surface area contributed by atoms with Gasteiger partial charge in [-0.15, -0.1) is 5.10 Å². The number of carbonyl (C=O) groups excluding carboxylic acids is 1. The number of nitrogens with zero attached hydrogens (tertiary/aromatic N) is 4. The van der Waals surface area contributed by atoms with Gasteiger partial charge in [0.1, 0.15) is 0 Å². The molecule has 3 aromatic rings.